The first-order chi connectivity index (χ1) is 19.8. The maximum Gasteiger partial charge on any atom is 0.0991 e. The van der Waals surface area contributed by atoms with Crippen LogP contribution in [0.2, 0.25) is 0 Å². The van der Waals surface area contributed by atoms with Gasteiger partial charge in [-0.1, -0.05) is 103 Å². The maximum atomic E-state index is 9.78. The molecule has 8 rings (SSSR count). The summed E-state index contributed by atoms with van der Waals surface area (Å²) in [6.07, 6.45) is 0. The van der Waals surface area contributed by atoms with Crippen LogP contribution >= 0.6 is 22.7 Å². The number of nitrogens with zero attached hydrogens (tertiary/aromatic N) is 1. The van der Waals surface area contributed by atoms with Crippen molar-refractivity contribution in [3.8, 4) is 39.4 Å². The lowest BCUT2D eigenvalue weighted by Crippen LogP contribution is -1.92. The molecule has 0 saturated heterocycles. The van der Waals surface area contributed by atoms with Crippen LogP contribution < -0.4 is 0 Å². The summed E-state index contributed by atoms with van der Waals surface area (Å²) in [5.74, 6) is 0. The number of hydrogen-bond acceptors (Lipinski definition) is 3. The van der Waals surface area contributed by atoms with Crippen molar-refractivity contribution in [1.29, 1.82) is 5.26 Å². The van der Waals surface area contributed by atoms with Crippen LogP contribution in [-0.2, 0) is 0 Å². The number of nitriles is 1. The molecule has 0 aliphatic rings. The van der Waals surface area contributed by atoms with E-state index in [-0.39, 0.29) is 0 Å². The van der Waals surface area contributed by atoms with Crippen LogP contribution in [0.5, 0.6) is 0 Å². The first kappa shape index (κ1) is 23.2. The van der Waals surface area contributed by atoms with Crippen molar-refractivity contribution < 1.29 is 0 Å². The molecule has 0 atom stereocenters. The minimum Gasteiger partial charge on any atom is -0.192 e. The van der Waals surface area contributed by atoms with E-state index >= 15 is 0 Å². The van der Waals surface area contributed by atoms with E-state index < -0.39 is 0 Å². The fourth-order valence-corrected chi connectivity index (χ4v) is 8.44. The van der Waals surface area contributed by atoms with Gasteiger partial charge in [0.25, 0.3) is 0 Å². The average Bonchev–Trinajstić information content (AvgIpc) is 3.59. The number of fused-ring (bicyclic) bond motifs is 6. The minimum absolute atomic E-state index is 0.665. The zero-order valence-electron chi connectivity index (χ0n) is 21.4. The Balaban J connectivity index is 1.49. The van der Waals surface area contributed by atoms with Gasteiger partial charge in [-0.05, 0) is 46.5 Å². The lowest BCUT2D eigenvalue weighted by molar-refractivity contribution is 1.48. The molecule has 0 amide bonds. The van der Waals surface area contributed by atoms with Crippen molar-refractivity contribution in [1.82, 2.24) is 0 Å². The first-order valence-corrected chi connectivity index (χ1v) is 14.9. The Morgan fingerprint density at radius 1 is 0.450 bits per heavy atom. The molecule has 3 heteroatoms. The summed E-state index contributed by atoms with van der Waals surface area (Å²) < 4.78 is 5.17. The summed E-state index contributed by atoms with van der Waals surface area (Å²) in [6, 6.07) is 47.7. The quantitative estimate of drug-likeness (QED) is 0.217. The van der Waals surface area contributed by atoms with E-state index in [1.165, 1.54) is 62.6 Å². The number of benzene rings is 6. The van der Waals surface area contributed by atoms with Gasteiger partial charge in [-0.3, -0.25) is 0 Å². The van der Waals surface area contributed by atoms with E-state index in [1.54, 1.807) is 0 Å². The molecule has 8 aromatic rings. The molecular formula is C37H21NS2. The first-order valence-electron chi connectivity index (χ1n) is 13.2. The summed E-state index contributed by atoms with van der Waals surface area (Å²) in [5.41, 5.74) is 7.70. The van der Waals surface area contributed by atoms with Gasteiger partial charge in [0, 0.05) is 51.5 Å². The fraction of sp³-hybridized carbons (Fsp3) is 0. The molecule has 0 radical (unpaired) electrons. The lowest BCUT2D eigenvalue weighted by atomic mass is 9.86. The second-order valence-corrected chi connectivity index (χ2v) is 12.1. The van der Waals surface area contributed by atoms with Gasteiger partial charge >= 0.3 is 0 Å². The summed E-state index contributed by atoms with van der Waals surface area (Å²) >= 11 is 3.70. The third kappa shape index (κ3) is 3.51. The summed E-state index contributed by atoms with van der Waals surface area (Å²) in [5, 5.41) is 14.9. The minimum atomic E-state index is 0.665. The monoisotopic (exact) mass is 543 g/mol. The SMILES string of the molecule is N#Cc1cccc(-c2c(-c3cccc4c3sc3ccccc34)cccc2-c2cccc3c2sc2ccccc23)c1. The lowest BCUT2D eigenvalue weighted by Gasteiger charge is -2.17. The van der Waals surface area contributed by atoms with E-state index in [0.29, 0.717) is 5.56 Å². The Kier molecular flexibility index (Phi) is 5.31. The molecule has 1 nitrogen and oxygen atoms in total. The van der Waals surface area contributed by atoms with Gasteiger partial charge in [-0.15, -0.1) is 22.7 Å². The Morgan fingerprint density at radius 3 is 1.50 bits per heavy atom. The van der Waals surface area contributed by atoms with Crippen molar-refractivity contribution in [2.45, 2.75) is 0 Å². The predicted octanol–water partition coefficient (Wildman–Crippen LogP) is 11.3. The molecule has 186 valence electrons. The van der Waals surface area contributed by atoms with E-state index in [9.17, 15) is 5.26 Å². The maximum absolute atomic E-state index is 9.78. The van der Waals surface area contributed by atoms with Crippen molar-refractivity contribution in [3.05, 3.63) is 133 Å². The van der Waals surface area contributed by atoms with Gasteiger partial charge in [0.2, 0.25) is 0 Å². The van der Waals surface area contributed by atoms with Gasteiger partial charge in [0.05, 0.1) is 11.6 Å². The van der Waals surface area contributed by atoms with Crippen LogP contribution in [0.1, 0.15) is 5.56 Å². The topological polar surface area (TPSA) is 23.8 Å². The normalized spacial score (nSPS) is 11.5. The molecule has 2 aromatic heterocycles. The number of rotatable bonds is 3. The predicted molar refractivity (Wildman–Crippen MR) is 173 cm³/mol. The Labute approximate surface area is 239 Å². The highest BCUT2D eigenvalue weighted by Crippen LogP contribution is 2.48. The Morgan fingerprint density at radius 2 is 0.925 bits per heavy atom. The Hall–Kier alpha value is -4.75. The van der Waals surface area contributed by atoms with Crippen LogP contribution in [-0.4, -0.2) is 0 Å². The van der Waals surface area contributed by atoms with Crippen LogP contribution in [0.25, 0.3) is 73.7 Å². The summed E-state index contributed by atoms with van der Waals surface area (Å²) in [4.78, 5) is 0. The highest BCUT2D eigenvalue weighted by atomic mass is 32.1. The zero-order chi connectivity index (χ0) is 26.6. The molecular weight excluding hydrogens is 523 g/mol. The molecule has 0 fully saturated rings. The molecule has 0 spiro atoms. The third-order valence-corrected chi connectivity index (χ3v) is 10.2. The second kappa shape index (κ2) is 9.17. The Bertz CT molecular complexity index is 2160. The molecule has 40 heavy (non-hydrogen) atoms. The van der Waals surface area contributed by atoms with Crippen molar-refractivity contribution in [2.24, 2.45) is 0 Å². The third-order valence-electron chi connectivity index (χ3n) is 7.73. The molecule has 0 unspecified atom stereocenters. The van der Waals surface area contributed by atoms with E-state index in [0.717, 1.165) is 11.1 Å². The summed E-state index contributed by atoms with van der Waals surface area (Å²) in [7, 11) is 0. The highest BCUT2D eigenvalue weighted by molar-refractivity contribution is 7.26. The second-order valence-electron chi connectivity index (χ2n) is 9.98. The van der Waals surface area contributed by atoms with Crippen molar-refractivity contribution >= 4 is 63.0 Å². The molecule has 0 saturated carbocycles. The van der Waals surface area contributed by atoms with Crippen LogP contribution in [0.4, 0.5) is 0 Å². The zero-order valence-corrected chi connectivity index (χ0v) is 23.0. The van der Waals surface area contributed by atoms with Crippen molar-refractivity contribution in [3.63, 3.8) is 0 Å². The van der Waals surface area contributed by atoms with Gasteiger partial charge in [0.15, 0.2) is 0 Å². The smallest absolute Gasteiger partial charge is 0.0991 e. The van der Waals surface area contributed by atoms with Crippen LogP contribution in [0.3, 0.4) is 0 Å². The largest absolute Gasteiger partial charge is 0.192 e. The van der Waals surface area contributed by atoms with E-state index in [1.807, 2.05) is 40.9 Å². The molecule has 0 bridgehead atoms. The molecule has 2 heterocycles. The molecule has 0 aliphatic heterocycles. The van der Waals surface area contributed by atoms with Gasteiger partial charge in [0.1, 0.15) is 0 Å². The van der Waals surface area contributed by atoms with Gasteiger partial charge < -0.3 is 0 Å². The van der Waals surface area contributed by atoms with Gasteiger partial charge in [-0.25, -0.2) is 0 Å². The van der Waals surface area contributed by atoms with E-state index in [2.05, 4.69) is 115 Å². The van der Waals surface area contributed by atoms with E-state index in [4.69, 9.17) is 0 Å². The standard InChI is InChI=1S/C37H21NS2/c38-22-23-9-5-10-24(21-23)35-27(31-17-7-15-29-25-11-1-3-19-33(25)39-36(29)31)13-6-14-28(35)32-18-8-16-30-26-12-2-4-20-34(26)40-37(30)32/h1-21H. The molecule has 0 N–H and O–H groups in total. The van der Waals surface area contributed by atoms with Crippen molar-refractivity contribution in [2.75, 3.05) is 0 Å². The molecule has 0 aliphatic carbocycles. The average molecular weight is 544 g/mol. The van der Waals surface area contributed by atoms with Gasteiger partial charge in [-0.2, -0.15) is 5.26 Å². The summed E-state index contributed by atoms with van der Waals surface area (Å²) in [6.45, 7) is 0. The molecule has 6 aromatic carbocycles. The van der Waals surface area contributed by atoms with Crippen LogP contribution in [0, 0.1) is 11.3 Å². The number of thiophene rings is 2. The van der Waals surface area contributed by atoms with Crippen LogP contribution in [0.15, 0.2) is 127 Å². The highest BCUT2D eigenvalue weighted by Gasteiger charge is 2.20. The fourth-order valence-electron chi connectivity index (χ4n) is 5.98. The number of hydrogen-bond donors (Lipinski definition) is 0.